The number of thiazole rings is 1. The molecule has 6 nitrogen and oxygen atoms in total. The maximum absolute atomic E-state index is 11.8. The molecule has 1 aromatic heterocycles. The van der Waals surface area contributed by atoms with Gasteiger partial charge in [-0.1, -0.05) is 30.3 Å². The molecule has 24 heavy (non-hydrogen) atoms. The number of nitrogens with zero attached hydrogens (tertiary/aromatic N) is 2. The van der Waals surface area contributed by atoms with Crippen molar-refractivity contribution < 1.29 is 4.79 Å². The molecule has 0 unspecified atom stereocenters. The van der Waals surface area contributed by atoms with Crippen LogP contribution in [0.3, 0.4) is 0 Å². The predicted molar refractivity (Wildman–Crippen MR) is 98.0 cm³/mol. The molecular weight excluding hydrogens is 322 g/mol. The summed E-state index contributed by atoms with van der Waals surface area (Å²) in [6.07, 6.45) is 2.25. The van der Waals surface area contributed by atoms with Crippen molar-refractivity contribution in [2.24, 2.45) is 4.99 Å². The van der Waals surface area contributed by atoms with Gasteiger partial charge in [0.25, 0.3) is 0 Å². The highest BCUT2D eigenvalue weighted by molar-refractivity contribution is 7.11. The molecule has 2 rings (SSSR count). The first kappa shape index (κ1) is 17.9. The SMILES string of the molecule is CN=C(NCCC(=O)NCc1ccccc1)NCc1ncc(C)s1. The van der Waals surface area contributed by atoms with Crippen LogP contribution >= 0.6 is 11.3 Å². The number of aryl methyl sites for hydroxylation is 1. The van der Waals surface area contributed by atoms with E-state index in [0.29, 0.717) is 32.0 Å². The number of carbonyl (C=O) groups is 1. The summed E-state index contributed by atoms with van der Waals surface area (Å²) < 4.78 is 0. The van der Waals surface area contributed by atoms with Crippen LogP contribution in [0.2, 0.25) is 0 Å². The summed E-state index contributed by atoms with van der Waals surface area (Å²) in [5.74, 6) is 0.677. The minimum absolute atomic E-state index is 0.0114. The smallest absolute Gasteiger partial charge is 0.222 e. The van der Waals surface area contributed by atoms with E-state index in [0.717, 1.165) is 10.6 Å². The van der Waals surface area contributed by atoms with Crippen LogP contribution in [0.25, 0.3) is 0 Å². The van der Waals surface area contributed by atoms with Crippen molar-refractivity contribution in [2.45, 2.75) is 26.4 Å². The molecule has 0 aliphatic heterocycles. The molecule has 2 aromatic rings. The topological polar surface area (TPSA) is 78.4 Å². The largest absolute Gasteiger partial charge is 0.356 e. The molecular formula is C17H23N5OS. The number of rotatable bonds is 7. The number of guanidine groups is 1. The highest BCUT2D eigenvalue weighted by Crippen LogP contribution is 2.10. The van der Waals surface area contributed by atoms with Crippen molar-refractivity contribution in [1.82, 2.24) is 20.9 Å². The Morgan fingerprint density at radius 2 is 1.96 bits per heavy atom. The number of benzene rings is 1. The van der Waals surface area contributed by atoms with Crippen LogP contribution in [0.15, 0.2) is 41.5 Å². The number of carbonyl (C=O) groups excluding carboxylic acids is 1. The summed E-state index contributed by atoms with van der Waals surface area (Å²) >= 11 is 1.65. The lowest BCUT2D eigenvalue weighted by Gasteiger charge is -2.11. The maximum atomic E-state index is 11.8. The van der Waals surface area contributed by atoms with Crippen molar-refractivity contribution in [3.05, 3.63) is 52.0 Å². The Kier molecular flexibility index (Phi) is 7.22. The van der Waals surface area contributed by atoms with Gasteiger partial charge in [0.15, 0.2) is 5.96 Å². The highest BCUT2D eigenvalue weighted by atomic mass is 32.1. The van der Waals surface area contributed by atoms with Crippen LogP contribution in [0.5, 0.6) is 0 Å². The first-order valence-electron chi connectivity index (χ1n) is 7.84. The Hall–Kier alpha value is -2.41. The maximum Gasteiger partial charge on any atom is 0.222 e. The standard InChI is InChI=1S/C17H23N5OS/c1-13-10-21-16(24-13)12-22-17(18-2)19-9-8-15(23)20-11-14-6-4-3-5-7-14/h3-7,10H,8-9,11-12H2,1-2H3,(H,20,23)(H2,18,19,22). The van der Waals surface area contributed by atoms with Crippen LogP contribution in [0, 0.1) is 6.92 Å². The van der Waals surface area contributed by atoms with E-state index in [1.54, 1.807) is 18.4 Å². The summed E-state index contributed by atoms with van der Waals surface area (Å²) in [4.78, 5) is 21.5. The van der Waals surface area contributed by atoms with Crippen LogP contribution < -0.4 is 16.0 Å². The van der Waals surface area contributed by atoms with E-state index in [4.69, 9.17) is 0 Å². The molecule has 1 amide bonds. The summed E-state index contributed by atoms with van der Waals surface area (Å²) in [7, 11) is 1.71. The molecule has 1 heterocycles. The van der Waals surface area contributed by atoms with E-state index >= 15 is 0 Å². The molecule has 1 aromatic carbocycles. The zero-order chi connectivity index (χ0) is 17.2. The van der Waals surface area contributed by atoms with Crippen LogP contribution in [0.1, 0.15) is 21.9 Å². The van der Waals surface area contributed by atoms with Gasteiger partial charge in [-0.2, -0.15) is 0 Å². The summed E-state index contributed by atoms with van der Waals surface area (Å²) in [5, 5.41) is 10.2. The first-order valence-corrected chi connectivity index (χ1v) is 8.65. The first-order chi connectivity index (χ1) is 11.7. The molecule has 128 valence electrons. The molecule has 7 heteroatoms. The van der Waals surface area contributed by atoms with Gasteiger partial charge in [0.05, 0.1) is 6.54 Å². The Balaban J connectivity index is 1.63. The Morgan fingerprint density at radius 3 is 2.62 bits per heavy atom. The van der Waals surface area contributed by atoms with Gasteiger partial charge in [-0.25, -0.2) is 4.98 Å². The molecule has 0 bridgehead atoms. The van der Waals surface area contributed by atoms with Gasteiger partial charge in [-0.3, -0.25) is 9.79 Å². The van der Waals surface area contributed by atoms with E-state index in [2.05, 4.69) is 25.9 Å². The number of aliphatic imine (C=N–C) groups is 1. The van der Waals surface area contributed by atoms with Gasteiger partial charge in [-0.15, -0.1) is 11.3 Å². The molecule has 0 fully saturated rings. The zero-order valence-electron chi connectivity index (χ0n) is 14.0. The van der Waals surface area contributed by atoms with Crippen molar-refractivity contribution in [3.8, 4) is 0 Å². The molecule has 0 saturated heterocycles. The average molecular weight is 345 g/mol. The summed E-state index contributed by atoms with van der Waals surface area (Å²) in [5.41, 5.74) is 1.09. The number of hydrogen-bond donors (Lipinski definition) is 3. The van der Waals surface area contributed by atoms with Gasteiger partial charge in [-0.05, 0) is 12.5 Å². The molecule has 0 atom stereocenters. The van der Waals surface area contributed by atoms with Gasteiger partial charge in [0.1, 0.15) is 5.01 Å². The lowest BCUT2D eigenvalue weighted by molar-refractivity contribution is -0.121. The second-order valence-corrected chi connectivity index (χ2v) is 6.55. The Labute approximate surface area is 146 Å². The third-order valence-electron chi connectivity index (χ3n) is 3.28. The third kappa shape index (κ3) is 6.37. The van der Waals surface area contributed by atoms with Gasteiger partial charge in [0, 0.05) is 37.6 Å². The average Bonchev–Trinajstić information content (AvgIpc) is 3.02. The van der Waals surface area contributed by atoms with Crippen molar-refractivity contribution >= 4 is 23.2 Å². The van der Waals surface area contributed by atoms with E-state index < -0.39 is 0 Å². The molecule has 0 aliphatic carbocycles. The Morgan fingerprint density at radius 1 is 1.17 bits per heavy atom. The van der Waals surface area contributed by atoms with Crippen LogP contribution in [-0.2, 0) is 17.9 Å². The fourth-order valence-electron chi connectivity index (χ4n) is 2.04. The molecule has 0 spiro atoms. The van der Waals surface area contributed by atoms with E-state index in [-0.39, 0.29) is 5.91 Å². The molecule has 3 N–H and O–H groups in total. The number of aromatic nitrogens is 1. The number of nitrogens with one attached hydrogen (secondary N) is 3. The lowest BCUT2D eigenvalue weighted by Crippen LogP contribution is -2.38. The fraction of sp³-hybridized carbons (Fsp3) is 0.353. The van der Waals surface area contributed by atoms with Gasteiger partial charge in [0.2, 0.25) is 5.91 Å². The van der Waals surface area contributed by atoms with E-state index in [1.807, 2.05) is 43.5 Å². The van der Waals surface area contributed by atoms with Crippen molar-refractivity contribution in [2.75, 3.05) is 13.6 Å². The predicted octanol–water partition coefficient (Wildman–Crippen LogP) is 1.82. The van der Waals surface area contributed by atoms with Crippen LogP contribution in [-0.4, -0.2) is 30.4 Å². The quantitative estimate of drug-likeness (QED) is 0.528. The highest BCUT2D eigenvalue weighted by Gasteiger charge is 2.04. The fourth-order valence-corrected chi connectivity index (χ4v) is 2.77. The summed E-state index contributed by atoms with van der Waals surface area (Å²) in [6.45, 7) is 3.73. The van der Waals surface area contributed by atoms with Gasteiger partial charge < -0.3 is 16.0 Å². The van der Waals surface area contributed by atoms with E-state index in [1.165, 1.54) is 4.88 Å². The number of hydrogen-bond acceptors (Lipinski definition) is 4. The monoisotopic (exact) mass is 345 g/mol. The van der Waals surface area contributed by atoms with Crippen molar-refractivity contribution in [1.29, 1.82) is 0 Å². The lowest BCUT2D eigenvalue weighted by atomic mass is 10.2. The normalized spacial score (nSPS) is 11.2. The third-order valence-corrected chi connectivity index (χ3v) is 4.19. The molecule has 0 aliphatic rings. The second-order valence-electron chi connectivity index (χ2n) is 5.23. The second kappa shape index (κ2) is 9.67. The minimum atomic E-state index is 0.0114. The van der Waals surface area contributed by atoms with Crippen molar-refractivity contribution in [3.63, 3.8) is 0 Å². The van der Waals surface area contributed by atoms with E-state index in [9.17, 15) is 4.79 Å². The van der Waals surface area contributed by atoms with Crippen LogP contribution in [0.4, 0.5) is 0 Å². The summed E-state index contributed by atoms with van der Waals surface area (Å²) in [6, 6.07) is 9.86. The number of amides is 1. The zero-order valence-corrected chi connectivity index (χ0v) is 14.8. The molecule has 0 radical (unpaired) electrons. The molecule has 0 saturated carbocycles. The minimum Gasteiger partial charge on any atom is -0.356 e. The Bertz CT molecular complexity index is 669. The van der Waals surface area contributed by atoms with Gasteiger partial charge >= 0.3 is 0 Å².